The topological polar surface area (TPSA) is 86.2 Å². The van der Waals surface area contributed by atoms with E-state index in [9.17, 15) is 18.8 Å². The van der Waals surface area contributed by atoms with Crippen molar-refractivity contribution in [1.29, 1.82) is 5.26 Å². The Morgan fingerprint density at radius 1 is 1.48 bits per heavy atom. The normalized spacial score (nSPS) is 22.9. The molecular formula is C15H18F2N4O2. The van der Waals surface area contributed by atoms with E-state index in [0.717, 1.165) is 12.1 Å². The summed E-state index contributed by atoms with van der Waals surface area (Å²) in [6.45, 7) is 3.22. The van der Waals surface area contributed by atoms with Gasteiger partial charge in [-0.1, -0.05) is 0 Å². The molecule has 1 aromatic carbocycles. The maximum Gasteiger partial charge on any atom is 0.239 e. The quantitative estimate of drug-likeness (QED) is 0.752. The lowest BCUT2D eigenvalue weighted by atomic mass is 10.0. The number of nitrogens with zero attached hydrogens (tertiary/aromatic N) is 1. The second-order valence-electron chi connectivity index (χ2n) is 5.78. The first-order valence-electron chi connectivity index (χ1n) is 7.15. The van der Waals surface area contributed by atoms with Crippen molar-refractivity contribution in [3.8, 4) is 11.8 Å². The fraction of sp³-hybridized carbons (Fsp3) is 0.467. The summed E-state index contributed by atoms with van der Waals surface area (Å²) in [5.74, 6) is -2.28. The van der Waals surface area contributed by atoms with Gasteiger partial charge in [0.1, 0.15) is 18.4 Å². The van der Waals surface area contributed by atoms with Gasteiger partial charge in [0.2, 0.25) is 5.91 Å². The van der Waals surface area contributed by atoms with E-state index in [-0.39, 0.29) is 24.3 Å². The number of ether oxygens (including phenoxy) is 1. The van der Waals surface area contributed by atoms with Crippen molar-refractivity contribution in [2.75, 3.05) is 6.61 Å². The molecule has 1 fully saturated rings. The van der Waals surface area contributed by atoms with Crippen LogP contribution in [0.25, 0.3) is 0 Å². The van der Waals surface area contributed by atoms with Gasteiger partial charge in [-0.15, -0.1) is 0 Å². The van der Waals surface area contributed by atoms with E-state index in [1.165, 1.54) is 13.0 Å². The number of nitriles is 1. The van der Waals surface area contributed by atoms with Crippen LogP contribution in [0.15, 0.2) is 18.2 Å². The van der Waals surface area contributed by atoms with Crippen molar-refractivity contribution >= 4 is 5.91 Å². The zero-order chi connectivity index (χ0) is 17.0. The van der Waals surface area contributed by atoms with Crippen molar-refractivity contribution < 1.29 is 18.3 Å². The molecule has 1 saturated heterocycles. The molecule has 0 bridgehead atoms. The number of hydrogen-bond acceptors (Lipinski definition) is 5. The van der Waals surface area contributed by atoms with Gasteiger partial charge in [-0.3, -0.25) is 10.2 Å². The van der Waals surface area contributed by atoms with E-state index >= 15 is 0 Å². The number of carbonyl (C=O) groups excluding carboxylic acids is 1. The van der Waals surface area contributed by atoms with Crippen LogP contribution in [0.2, 0.25) is 0 Å². The third kappa shape index (κ3) is 4.37. The Morgan fingerprint density at radius 2 is 2.22 bits per heavy atom. The predicted molar refractivity (Wildman–Crippen MR) is 78.2 cm³/mol. The minimum atomic E-state index is -1.30. The second kappa shape index (κ2) is 6.89. The van der Waals surface area contributed by atoms with Crippen molar-refractivity contribution in [1.82, 2.24) is 16.2 Å². The smallest absolute Gasteiger partial charge is 0.239 e. The van der Waals surface area contributed by atoms with Crippen molar-refractivity contribution in [2.24, 2.45) is 0 Å². The van der Waals surface area contributed by atoms with Gasteiger partial charge in [0.15, 0.2) is 17.2 Å². The average Bonchev–Trinajstić information content (AvgIpc) is 2.95. The molecule has 6 nitrogen and oxygen atoms in total. The lowest BCUT2D eigenvalue weighted by Crippen LogP contribution is -2.54. The summed E-state index contributed by atoms with van der Waals surface area (Å²) < 4.78 is 31.3. The molecule has 0 aliphatic carbocycles. The number of amides is 1. The molecule has 1 amide bonds. The number of carbonyl (C=O) groups is 1. The number of hydrazine groups is 1. The van der Waals surface area contributed by atoms with E-state index in [0.29, 0.717) is 6.42 Å². The summed E-state index contributed by atoms with van der Waals surface area (Å²) in [7, 11) is 0. The highest BCUT2D eigenvalue weighted by molar-refractivity contribution is 5.83. The summed E-state index contributed by atoms with van der Waals surface area (Å²) in [6, 6.07) is 4.75. The highest BCUT2D eigenvalue weighted by Crippen LogP contribution is 2.17. The van der Waals surface area contributed by atoms with Gasteiger partial charge in [0.25, 0.3) is 0 Å². The van der Waals surface area contributed by atoms with Gasteiger partial charge < -0.3 is 10.1 Å². The Labute approximate surface area is 132 Å². The molecule has 1 heterocycles. The molecule has 0 saturated carbocycles. The van der Waals surface area contributed by atoms with Crippen LogP contribution in [-0.2, 0) is 4.79 Å². The minimum absolute atomic E-state index is 0.0777. The fourth-order valence-electron chi connectivity index (χ4n) is 2.14. The summed E-state index contributed by atoms with van der Waals surface area (Å²) in [6.07, 6.45) is 0.595. The maximum atomic E-state index is 13.1. The van der Waals surface area contributed by atoms with E-state index in [1.54, 1.807) is 0 Å². The largest absolute Gasteiger partial charge is 0.490 e. The standard InChI is InChI=1S/C15H18F2N4O2/c1-9-5-13(21-20-9)14(22)19-15(2,7-18)8-23-10-3-4-11(16)12(17)6-10/h3-4,6,9,13,20-21H,5,8H2,1-2H3,(H,19,22). The summed E-state index contributed by atoms with van der Waals surface area (Å²) in [5.41, 5.74) is 4.46. The highest BCUT2D eigenvalue weighted by Gasteiger charge is 2.33. The molecule has 23 heavy (non-hydrogen) atoms. The molecule has 2 rings (SSSR count). The third-order valence-electron chi connectivity index (χ3n) is 3.47. The molecule has 1 aliphatic heterocycles. The minimum Gasteiger partial charge on any atom is -0.490 e. The van der Waals surface area contributed by atoms with Gasteiger partial charge in [-0.25, -0.2) is 14.2 Å². The Kier molecular flexibility index (Phi) is 5.13. The van der Waals surface area contributed by atoms with Crippen LogP contribution in [0.4, 0.5) is 8.78 Å². The van der Waals surface area contributed by atoms with Crippen LogP contribution in [-0.4, -0.2) is 30.1 Å². The molecule has 124 valence electrons. The fourth-order valence-corrected chi connectivity index (χ4v) is 2.14. The molecule has 8 heteroatoms. The van der Waals surface area contributed by atoms with Crippen LogP contribution < -0.4 is 20.9 Å². The van der Waals surface area contributed by atoms with Crippen LogP contribution in [0.1, 0.15) is 20.3 Å². The van der Waals surface area contributed by atoms with Crippen molar-refractivity contribution in [3.05, 3.63) is 29.8 Å². The molecule has 3 atom stereocenters. The Morgan fingerprint density at radius 3 is 2.78 bits per heavy atom. The Hall–Kier alpha value is -2.24. The Balaban J connectivity index is 1.96. The van der Waals surface area contributed by atoms with E-state index in [1.807, 2.05) is 13.0 Å². The number of halogens is 2. The van der Waals surface area contributed by atoms with Crippen LogP contribution in [0.3, 0.4) is 0 Å². The van der Waals surface area contributed by atoms with Crippen molar-refractivity contribution in [3.63, 3.8) is 0 Å². The second-order valence-corrected chi connectivity index (χ2v) is 5.78. The molecule has 0 aromatic heterocycles. The lowest BCUT2D eigenvalue weighted by Gasteiger charge is -2.25. The molecular weight excluding hydrogens is 306 g/mol. The predicted octanol–water partition coefficient (Wildman–Crippen LogP) is 0.997. The van der Waals surface area contributed by atoms with E-state index in [4.69, 9.17) is 4.74 Å². The lowest BCUT2D eigenvalue weighted by molar-refractivity contribution is -0.124. The molecule has 1 aliphatic rings. The third-order valence-corrected chi connectivity index (χ3v) is 3.47. The van der Waals surface area contributed by atoms with Gasteiger partial charge >= 0.3 is 0 Å². The first-order valence-corrected chi connectivity index (χ1v) is 7.15. The SMILES string of the molecule is CC1CC(C(=O)NC(C)(C#N)COc2ccc(F)c(F)c2)NN1. The van der Waals surface area contributed by atoms with Gasteiger partial charge in [-0.05, 0) is 32.4 Å². The molecule has 3 unspecified atom stereocenters. The van der Waals surface area contributed by atoms with Crippen molar-refractivity contribution in [2.45, 2.75) is 37.9 Å². The zero-order valence-electron chi connectivity index (χ0n) is 12.8. The summed E-state index contributed by atoms with van der Waals surface area (Å²) in [5, 5.41) is 11.9. The number of hydrogen-bond donors (Lipinski definition) is 3. The van der Waals surface area contributed by atoms with Gasteiger partial charge in [-0.2, -0.15) is 5.26 Å². The van der Waals surface area contributed by atoms with Crippen LogP contribution >= 0.6 is 0 Å². The zero-order valence-corrected chi connectivity index (χ0v) is 12.8. The number of nitrogens with one attached hydrogen (secondary N) is 3. The Bertz CT molecular complexity index is 634. The number of benzene rings is 1. The summed E-state index contributed by atoms with van der Waals surface area (Å²) >= 11 is 0. The first-order chi connectivity index (χ1) is 10.8. The van der Waals surface area contributed by atoms with Gasteiger partial charge in [0.05, 0.1) is 6.07 Å². The van der Waals surface area contributed by atoms with E-state index < -0.39 is 23.2 Å². The molecule has 3 N–H and O–H groups in total. The molecule has 0 radical (unpaired) electrons. The summed E-state index contributed by atoms with van der Waals surface area (Å²) in [4.78, 5) is 12.1. The van der Waals surface area contributed by atoms with Gasteiger partial charge in [0, 0.05) is 12.1 Å². The maximum absolute atomic E-state index is 13.1. The average molecular weight is 324 g/mol. The van der Waals surface area contributed by atoms with Crippen LogP contribution in [0, 0.1) is 23.0 Å². The highest BCUT2D eigenvalue weighted by atomic mass is 19.2. The molecule has 1 aromatic rings. The monoisotopic (exact) mass is 324 g/mol. The molecule has 0 spiro atoms. The van der Waals surface area contributed by atoms with E-state index in [2.05, 4.69) is 16.2 Å². The number of rotatable bonds is 5. The van der Waals surface area contributed by atoms with Crippen LogP contribution in [0.5, 0.6) is 5.75 Å². The first kappa shape index (κ1) is 17.1.